The standard InChI is InChI=1S/C17H20N4O/c22-16(17(8-9-17)13-4-2-1-3-5-13)19-15-7-11-21(20-15)14-6-10-18-12-14/h1-5,7,11,14,18H,6,8-10,12H2,(H,19,20,22). The zero-order valence-corrected chi connectivity index (χ0v) is 12.5. The molecule has 1 atom stereocenters. The van der Waals surface area contributed by atoms with Crippen molar-refractivity contribution in [3.8, 4) is 0 Å². The smallest absolute Gasteiger partial charge is 0.236 e. The molecule has 1 saturated heterocycles. The second kappa shape index (κ2) is 5.25. The number of anilines is 1. The lowest BCUT2D eigenvalue weighted by atomic mass is 9.95. The molecule has 2 aliphatic rings. The molecule has 5 heteroatoms. The molecular weight excluding hydrogens is 276 g/mol. The van der Waals surface area contributed by atoms with E-state index < -0.39 is 0 Å². The highest BCUT2D eigenvalue weighted by molar-refractivity contribution is 6.00. The highest BCUT2D eigenvalue weighted by atomic mass is 16.2. The summed E-state index contributed by atoms with van der Waals surface area (Å²) in [7, 11) is 0. The Morgan fingerprint density at radius 3 is 2.77 bits per heavy atom. The van der Waals surface area contributed by atoms with Crippen LogP contribution in [0.1, 0.15) is 30.9 Å². The van der Waals surface area contributed by atoms with Crippen LogP contribution in [0.25, 0.3) is 0 Å². The first-order chi connectivity index (χ1) is 10.8. The highest BCUT2D eigenvalue weighted by Crippen LogP contribution is 2.48. The van der Waals surface area contributed by atoms with Crippen molar-refractivity contribution in [1.29, 1.82) is 0 Å². The number of hydrogen-bond acceptors (Lipinski definition) is 3. The van der Waals surface area contributed by atoms with Gasteiger partial charge in [-0.3, -0.25) is 9.48 Å². The average Bonchev–Trinajstić information content (AvgIpc) is 2.97. The molecule has 0 bridgehead atoms. The molecule has 4 rings (SSSR count). The van der Waals surface area contributed by atoms with Crippen molar-refractivity contribution in [3.63, 3.8) is 0 Å². The molecule has 1 aromatic heterocycles. The van der Waals surface area contributed by atoms with E-state index in [9.17, 15) is 4.79 Å². The van der Waals surface area contributed by atoms with Crippen molar-refractivity contribution >= 4 is 11.7 Å². The lowest BCUT2D eigenvalue weighted by Gasteiger charge is -2.14. The molecule has 114 valence electrons. The number of hydrogen-bond donors (Lipinski definition) is 2. The van der Waals surface area contributed by atoms with Crippen molar-refractivity contribution in [2.45, 2.75) is 30.7 Å². The van der Waals surface area contributed by atoms with Gasteiger partial charge in [0.05, 0.1) is 11.5 Å². The maximum absolute atomic E-state index is 12.7. The molecule has 0 spiro atoms. The fourth-order valence-corrected chi connectivity index (χ4v) is 3.24. The van der Waals surface area contributed by atoms with Crippen molar-refractivity contribution in [2.24, 2.45) is 0 Å². The van der Waals surface area contributed by atoms with Crippen LogP contribution < -0.4 is 10.6 Å². The average molecular weight is 296 g/mol. The van der Waals surface area contributed by atoms with Gasteiger partial charge in [0.2, 0.25) is 5.91 Å². The van der Waals surface area contributed by atoms with Gasteiger partial charge in [-0.15, -0.1) is 0 Å². The van der Waals surface area contributed by atoms with Crippen LogP contribution >= 0.6 is 0 Å². The minimum Gasteiger partial charge on any atom is -0.315 e. The van der Waals surface area contributed by atoms with Gasteiger partial charge < -0.3 is 10.6 Å². The molecule has 1 unspecified atom stereocenters. The summed E-state index contributed by atoms with van der Waals surface area (Å²) in [6, 6.07) is 12.3. The Balaban J connectivity index is 1.48. The second-order valence-corrected chi connectivity index (χ2v) is 6.23. The van der Waals surface area contributed by atoms with Crippen LogP contribution in [0.4, 0.5) is 5.82 Å². The van der Waals surface area contributed by atoms with Gasteiger partial charge in [0.15, 0.2) is 5.82 Å². The third-order valence-corrected chi connectivity index (χ3v) is 4.77. The van der Waals surface area contributed by atoms with Gasteiger partial charge in [-0.2, -0.15) is 5.10 Å². The molecule has 1 aliphatic carbocycles. The number of rotatable bonds is 4. The Morgan fingerprint density at radius 1 is 1.27 bits per heavy atom. The zero-order valence-electron chi connectivity index (χ0n) is 12.5. The van der Waals surface area contributed by atoms with Gasteiger partial charge >= 0.3 is 0 Å². The van der Waals surface area contributed by atoms with Crippen LogP contribution in [-0.4, -0.2) is 28.8 Å². The Kier molecular flexibility index (Phi) is 3.22. The van der Waals surface area contributed by atoms with Gasteiger partial charge in [-0.1, -0.05) is 30.3 Å². The maximum atomic E-state index is 12.7. The summed E-state index contributed by atoms with van der Waals surface area (Å²) in [5, 5.41) is 10.8. The van der Waals surface area contributed by atoms with Gasteiger partial charge in [-0.05, 0) is 31.4 Å². The fourth-order valence-electron chi connectivity index (χ4n) is 3.24. The molecule has 0 radical (unpaired) electrons. The molecule has 2 aromatic rings. The highest BCUT2D eigenvalue weighted by Gasteiger charge is 2.51. The van der Waals surface area contributed by atoms with Crippen molar-refractivity contribution in [3.05, 3.63) is 48.2 Å². The first-order valence-corrected chi connectivity index (χ1v) is 7.91. The quantitative estimate of drug-likeness (QED) is 0.908. The zero-order chi connectivity index (χ0) is 15.0. The Labute approximate surface area is 129 Å². The first-order valence-electron chi connectivity index (χ1n) is 7.91. The fraction of sp³-hybridized carbons (Fsp3) is 0.412. The van der Waals surface area contributed by atoms with Crippen molar-refractivity contribution in [2.75, 3.05) is 18.4 Å². The van der Waals surface area contributed by atoms with Crippen molar-refractivity contribution in [1.82, 2.24) is 15.1 Å². The predicted molar refractivity (Wildman–Crippen MR) is 84.7 cm³/mol. The normalized spacial score (nSPS) is 22.5. The second-order valence-electron chi connectivity index (χ2n) is 6.23. The van der Waals surface area contributed by atoms with E-state index in [1.54, 1.807) is 0 Å². The monoisotopic (exact) mass is 296 g/mol. The number of benzene rings is 1. The molecule has 1 aromatic carbocycles. The summed E-state index contributed by atoms with van der Waals surface area (Å²) in [5.41, 5.74) is 0.756. The molecule has 5 nitrogen and oxygen atoms in total. The van der Waals surface area contributed by atoms with Crippen LogP contribution in [0.5, 0.6) is 0 Å². The number of amides is 1. The topological polar surface area (TPSA) is 59.0 Å². The molecule has 2 fully saturated rings. The van der Waals surface area contributed by atoms with Crippen LogP contribution in [0, 0.1) is 0 Å². The van der Waals surface area contributed by atoms with Gasteiger partial charge in [0.25, 0.3) is 0 Å². The first kappa shape index (κ1) is 13.5. The molecular formula is C17H20N4O. The third kappa shape index (κ3) is 2.31. The summed E-state index contributed by atoms with van der Waals surface area (Å²) in [4.78, 5) is 12.7. The third-order valence-electron chi connectivity index (χ3n) is 4.77. The predicted octanol–water partition coefficient (Wildman–Crippen LogP) is 2.09. The summed E-state index contributed by atoms with van der Waals surface area (Å²) < 4.78 is 1.96. The van der Waals surface area contributed by atoms with E-state index in [1.165, 1.54) is 0 Å². The summed E-state index contributed by atoms with van der Waals surface area (Å²) in [6.07, 6.45) is 4.87. The van der Waals surface area contributed by atoms with E-state index in [4.69, 9.17) is 0 Å². The number of carbonyl (C=O) groups is 1. The van der Waals surface area contributed by atoms with Crippen molar-refractivity contribution < 1.29 is 4.79 Å². The van der Waals surface area contributed by atoms with Gasteiger partial charge in [-0.25, -0.2) is 0 Å². The maximum Gasteiger partial charge on any atom is 0.236 e. The van der Waals surface area contributed by atoms with Gasteiger partial charge in [0, 0.05) is 18.8 Å². The minimum absolute atomic E-state index is 0.0634. The summed E-state index contributed by atoms with van der Waals surface area (Å²) >= 11 is 0. The van der Waals surface area contributed by atoms with E-state index in [-0.39, 0.29) is 11.3 Å². The van der Waals surface area contributed by atoms with Crippen LogP contribution in [0.3, 0.4) is 0 Å². The minimum atomic E-state index is -0.347. The summed E-state index contributed by atoms with van der Waals surface area (Å²) in [5.74, 6) is 0.715. The SMILES string of the molecule is O=C(Nc1ccn(C2CCNC2)n1)C1(c2ccccc2)CC1. The van der Waals surface area contributed by atoms with Crippen LogP contribution in [0.15, 0.2) is 42.6 Å². The van der Waals surface area contributed by atoms with E-state index in [2.05, 4.69) is 15.7 Å². The number of nitrogens with zero attached hydrogens (tertiary/aromatic N) is 2. The van der Waals surface area contributed by atoms with Crippen LogP contribution in [-0.2, 0) is 10.2 Å². The number of aromatic nitrogens is 2. The summed E-state index contributed by atoms with van der Waals surface area (Å²) in [6.45, 7) is 1.98. The molecule has 1 saturated carbocycles. The Hall–Kier alpha value is -2.14. The van der Waals surface area contributed by atoms with E-state index >= 15 is 0 Å². The Morgan fingerprint density at radius 2 is 2.09 bits per heavy atom. The largest absolute Gasteiger partial charge is 0.315 e. The number of nitrogens with one attached hydrogen (secondary N) is 2. The van der Waals surface area contributed by atoms with Crippen LogP contribution in [0.2, 0.25) is 0 Å². The van der Waals surface area contributed by atoms with Gasteiger partial charge in [0.1, 0.15) is 0 Å². The lowest BCUT2D eigenvalue weighted by Crippen LogP contribution is -2.28. The van der Waals surface area contributed by atoms with E-state index in [0.29, 0.717) is 11.9 Å². The molecule has 1 aliphatic heterocycles. The van der Waals surface area contributed by atoms with E-state index in [0.717, 1.165) is 37.9 Å². The molecule has 2 heterocycles. The lowest BCUT2D eigenvalue weighted by molar-refractivity contribution is -0.118. The Bertz CT molecular complexity index is 669. The van der Waals surface area contributed by atoms with E-state index in [1.807, 2.05) is 47.3 Å². The molecule has 1 amide bonds. The number of carbonyl (C=O) groups excluding carboxylic acids is 1. The molecule has 2 N–H and O–H groups in total. The molecule has 22 heavy (non-hydrogen) atoms.